The summed E-state index contributed by atoms with van der Waals surface area (Å²) in [5, 5.41) is 0. The Morgan fingerprint density at radius 2 is 1.87 bits per heavy atom. The maximum atomic E-state index is 11.2. The summed E-state index contributed by atoms with van der Waals surface area (Å²) >= 11 is 0. The molecule has 0 spiro atoms. The van der Waals surface area contributed by atoms with E-state index in [0.717, 1.165) is 21.0 Å². The first-order valence-electron chi connectivity index (χ1n) is 4.52. The summed E-state index contributed by atoms with van der Waals surface area (Å²) in [7, 11) is 3.34. The average molecular weight is 233 g/mol. The summed E-state index contributed by atoms with van der Waals surface area (Å²) in [6, 6.07) is 11.8. The third kappa shape index (κ3) is 1.42. The lowest BCUT2D eigenvalue weighted by molar-refractivity contribution is 1.33. The van der Waals surface area contributed by atoms with E-state index in [9.17, 15) is 4.79 Å². The smallest absolute Gasteiger partial charge is 0.249 e. The zero-order valence-electron chi connectivity index (χ0n) is 7.69. The molecular weight excluding hydrogens is 226 g/mol. The molecule has 0 bridgehead atoms. The first kappa shape index (κ1) is 8.88. The van der Waals surface area contributed by atoms with E-state index in [1.54, 1.807) is 26.7 Å². The van der Waals surface area contributed by atoms with E-state index in [1.165, 1.54) is 0 Å². The number of rotatable bonds is 1. The van der Waals surface area contributed by atoms with E-state index in [0.29, 0.717) is 0 Å². The highest BCUT2D eigenvalue weighted by Gasteiger charge is 2.15. The molecule has 0 saturated carbocycles. The molecule has 2 aliphatic heterocycles. The van der Waals surface area contributed by atoms with Gasteiger partial charge in [-0.25, -0.2) is 0 Å². The number of aromatic nitrogens is 1. The Morgan fingerprint density at radius 1 is 1.07 bits per heavy atom. The van der Waals surface area contributed by atoms with Crippen LogP contribution in [-0.2, 0) is 0 Å². The number of nitrogens with one attached hydrogen (secondary N) is 1. The Morgan fingerprint density at radius 3 is 2.67 bits per heavy atom. The van der Waals surface area contributed by atoms with Crippen molar-refractivity contribution in [2.45, 2.75) is 0 Å². The molecule has 3 rings (SSSR count). The van der Waals surface area contributed by atoms with Crippen molar-refractivity contribution >= 4 is 20.7 Å². The molecule has 1 aromatic rings. The van der Waals surface area contributed by atoms with Crippen LogP contribution in [0.25, 0.3) is 21.0 Å². The monoisotopic (exact) mass is 233 g/mol. The van der Waals surface area contributed by atoms with Gasteiger partial charge in [0, 0.05) is 6.07 Å². The number of H-pyrrole nitrogens is 1. The zero-order chi connectivity index (χ0) is 10.3. The average Bonchev–Trinajstić information content (AvgIpc) is 2.77. The van der Waals surface area contributed by atoms with Gasteiger partial charge in [0.1, 0.15) is 0 Å². The van der Waals surface area contributed by atoms with Crippen molar-refractivity contribution in [2.24, 2.45) is 0 Å². The lowest BCUT2D eigenvalue weighted by Gasteiger charge is -1.96. The van der Waals surface area contributed by atoms with Gasteiger partial charge in [0.25, 0.3) is 0 Å². The molecule has 1 N–H and O–H groups in total. The molecule has 15 heavy (non-hydrogen) atoms. The van der Waals surface area contributed by atoms with Crippen molar-refractivity contribution in [3.8, 4) is 21.0 Å². The molecule has 0 atom stereocenters. The number of aromatic amines is 1. The number of hydrogen-bond acceptors (Lipinski definition) is 3. The Hall–Kier alpha value is -1.39. The van der Waals surface area contributed by atoms with Crippen LogP contribution in [-0.4, -0.2) is 4.98 Å². The summed E-state index contributed by atoms with van der Waals surface area (Å²) in [5.74, 6) is 0. The van der Waals surface area contributed by atoms with Gasteiger partial charge >= 0.3 is 0 Å². The maximum absolute atomic E-state index is 11.2. The molecule has 0 unspecified atom stereocenters. The van der Waals surface area contributed by atoms with Gasteiger partial charge in [0.2, 0.25) is 5.56 Å². The van der Waals surface area contributed by atoms with Gasteiger partial charge in [-0.05, 0) is 5.56 Å². The van der Waals surface area contributed by atoms with Gasteiger partial charge in [-0.3, -0.25) is 4.79 Å². The summed E-state index contributed by atoms with van der Waals surface area (Å²) in [4.78, 5) is 16.3. The Kier molecular flexibility index (Phi) is 1.97. The second-order valence-corrected chi connectivity index (χ2v) is 5.42. The van der Waals surface area contributed by atoms with Crippen molar-refractivity contribution in [3.63, 3.8) is 0 Å². The van der Waals surface area contributed by atoms with E-state index in [4.69, 9.17) is 0 Å². The van der Waals surface area contributed by atoms with Crippen LogP contribution in [0, 0.1) is 0 Å². The highest BCUT2D eigenvalue weighted by atomic mass is 32.9. The third-order valence-electron chi connectivity index (χ3n) is 2.23. The number of benzene rings is 1. The van der Waals surface area contributed by atoms with Gasteiger partial charge < -0.3 is 4.98 Å². The van der Waals surface area contributed by atoms with Crippen LogP contribution in [0.4, 0.5) is 0 Å². The minimum atomic E-state index is -0.0127. The Balaban J connectivity index is 2.25. The van der Waals surface area contributed by atoms with Crippen molar-refractivity contribution in [1.29, 1.82) is 0 Å². The maximum Gasteiger partial charge on any atom is 0.249 e. The molecule has 0 amide bonds. The quantitative estimate of drug-likeness (QED) is 0.643. The van der Waals surface area contributed by atoms with Crippen LogP contribution >= 0.6 is 20.7 Å². The summed E-state index contributed by atoms with van der Waals surface area (Å²) < 4.78 is 0. The minimum Gasteiger partial charge on any atom is -0.320 e. The normalized spacial score (nSPS) is 10.9. The molecule has 0 saturated heterocycles. The van der Waals surface area contributed by atoms with Crippen molar-refractivity contribution < 1.29 is 0 Å². The van der Waals surface area contributed by atoms with Crippen molar-refractivity contribution in [2.75, 3.05) is 0 Å². The summed E-state index contributed by atoms with van der Waals surface area (Å²) in [6.07, 6.45) is 0. The van der Waals surface area contributed by atoms with Gasteiger partial charge in [-0.15, -0.1) is 0 Å². The highest BCUT2D eigenvalue weighted by molar-refractivity contribution is 7.72. The SMILES string of the molecule is O=c1cc2ssc(-c3ccccc3)c-2[nH]1. The largest absolute Gasteiger partial charge is 0.320 e. The fourth-order valence-electron chi connectivity index (χ4n) is 1.56. The van der Waals surface area contributed by atoms with Crippen LogP contribution in [0.2, 0.25) is 0 Å². The van der Waals surface area contributed by atoms with E-state index in [1.807, 2.05) is 18.2 Å². The predicted octanol–water partition coefficient (Wildman–Crippen LogP) is 3.27. The predicted molar refractivity (Wildman–Crippen MR) is 64.9 cm³/mol. The van der Waals surface area contributed by atoms with Crippen LogP contribution < -0.4 is 5.56 Å². The van der Waals surface area contributed by atoms with E-state index in [-0.39, 0.29) is 5.56 Å². The Labute approximate surface area is 93.6 Å². The van der Waals surface area contributed by atoms with Gasteiger partial charge in [0.05, 0.1) is 15.4 Å². The highest BCUT2D eigenvalue weighted by Crippen LogP contribution is 2.41. The molecule has 2 aliphatic rings. The second-order valence-electron chi connectivity index (χ2n) is 3.23. The fraction of sp³-hybridized carbons (Fsp3) is 0. The minimum absolute atomic E-state index is 0.0127. The Bertz CT molecular complexity index is 605. The van der Waals surface area contributed by atoms with Crippen LogP contribution in [0.5, 0.6) is 0 Å². The first-order chi connectivity index (χ1) is 7.34. The lowest BCUT2D eigenvalue weighted by atomic mass is 10.1. The molecule has 0 radical (unpaired) electrons. The molecule has 74 valence electrons. The summed E-state index contributed by atoms with van der Waals surface area (Å²) in [6.45, 7) is 0. The van der Waals surface area contributed by atoms with E-state index >= 15 is 0 Å². The standard InChI is InChI=1S/C11H7NOS2/c13-9-6-8-10(12-9)11(15-14-8)7-4-2-1-3-5-7/h1-6H,(H,12,13). The second kappa shape index (κ2) is 3.32. The van der Waals surface area contributed by atoms with E-state index < -0.39 is 0 Å². The lowest BCUT2D eigenvalue weighted by Crippen LogP contribution is -1.93. The van der Waals surface area contributed by atoms with Crippen LogP contribution in [0.1, 0.15) is 0 Å². The van der Waals surface area contributed by atoms with Crippen LogP contribution in [0.3, 0.4) is 0 Å². The van der Waals surface area contributed by atoms with Crippen molar-refractivity contribution in [3.05, 3.63) is 46.8 Å². The van der Waals surface area contributed by atoms with Gasteiger partial charge in [-0.1, -0.05) is 51.0 Å². The zero-order valence-corrected chi connectivity index (χ0v) is 9.32. The summed E-state index contributed by atoms with van der Waals surface area (Å²) in [5.41, 5.74) is 2.12. The third-order valence-corrected chi connectivity index (χ3v) is 4.71. The first-order valence-corrected chi connectivity index (χ1v) is 6.67. The molecule has 0 fully saturated rings. The molecule has 0 aromatic heterocycles. The molecular formula is C11H7NOS2. The molecule has 2 nitrogen and oxygen atoms in total. The number of fused-ring (bicyclic) bond motifs is 1. The topological polar surface area (TPSA) is 32.9 Å². The molecule has 0 aliphatic carbocycles. The van der Waals surface area contributed by atoms with Gasteiger partial charge in [-0.2, -0.15) is 0 Å². The molecule has 1 aromatic carbocycles. The van der Waals surface area contributed by atoms with Crippen LogP contribution in [0.15, 0.2) is 41.2 Å². The molecule has 4 heteroatoms. The van der Waals surface area contributed by atoms with E-state index in [2.05, 4.69) is 17.1 Å². The van der Waals surface area contributed by atoms with Crippen molar-refractivity contribution in [1.82, 2.24) is 4.98 Å². The van der Waals surface area contributed by atoms with Gasteiger partial charge in [0.15, 0.2) is 0 Å². The fourth-order valence-corrected chi connectivity index (χ4v) is 4.11. The number of hydrogen-bond donors (Lipinski definition) is 1. The molecule has 2 heterocycles.